The highest BCUT2D eigenvalue weighted by Gasteiger charge is 2.37. The molecule has 0 bridgehead atoms. The van der Waals surface area contributed by atoms with E-state index < -0.39 is 0 Å². The Bertz CT molecular complexity index is 1770. The highest BCUT2D eigenvalue weighted by Crippen LogP contribution is 2.44. The van der Waals surface area contributed by atoms with Gasteiger partial charge in [-0.1, -0.05) is 72.8 Å². The molecule has 0 amide bonds. The Hall–Kier alpha value is -4.30. The van der Waals surface area contributed by atoms with E-state index in [4.69, 9.17) is 0 Å². The molecule has 0 saturated heterocycles. The highest BCUT2D eigenvalue weighted by atomic mass is 15.0. The minimum atomic E-state index is 1.02. The van der Waals surface area contributed by atoms with Crippen LogP contribution < -0.4 is 9.13 Å². The van der Waals surface area contributed by atoms with Gasteiger partial charge in [0.25, 0.3) is 0 Å². The fraction of sp³-hybridized carbons (Fsp3) is 0.167. The molecular weight excluding hydrogens is 460 g/mol. The number of rotatable bonds is 3. The minimum absolute atomic E-state index is 1.02. The first-order chi connectivity index (χ1) is 18.7. The number of benzene rings is 3. The molecule has 2 aromatic heterocycles. The summed E-state index contributed by atoms with van der Waals surface area (Å²) in [6.45, 7) is 6.74. The van der Waals surface area contributed by atoms with Gasteiger partial charge in [-0.3, -0.25) is 0 Å². The zero-order chi connectivity index (χ0) is 25.6. The lowest BCUT2D eigenvalue weighted by molar-refractivity contribution is -0.689. The van der Waals surface area contributed by atoms with Gasteiger partial charge in [-0.2, -0.15) is 9.13 Å². The van der Waals surface area contributed by atoms with Crippen LogP contribution in [0.15, 0.2) is 97.3 Å². The van der Waals surface area contributed by atoms with Crippen LogP contribution in [-0.2, 0) is 25.9 Å². The Balaban J connectivity index is 1.41. The summed E-state index contributed by atoms with van der Waals surface area (Å²) < 4.78 is 4.94. The van der Waals surface area contributed by atoms with Crippen LogP contribution in [0.3, 0.4) is 0 Å². The van der Waals surface area contributed by atoms with Gasteiger partial charge in [0, 0.05) is 31.0 Å². The van der Waals surface area contributed by atoms with Crippen molar-refractivity contribution < 1.29 is 9.13 Å². The van der Waals surface area contributed by atoms with E-state index in [1.165, 1.54) is 66.7 Å². The van der Waals surface area contributed by atoms with Gasteiger partial charge in [-0.15, -0.1) is 0 Å². The van der Waals surface area contributed by atoms with Gasteiger partial charge in [0.15, 0.2) is 25.5 Å². The van der Waals surface area contributed by atoms with Gasteiger partial charge in [-0.25, -0.2) is 0 Å². The van der Waals surface area contributed by atoms with E-state index in [0.717, 1.165) is 25.9 Å². The minimum Gasteiger partial charge on any atom is -0.198 e. The van der Waals surface area contributed by atoms with Crippen molar-refractivity contribution in [3.05, 3.63) is 131 Å². The Morgan fingerprint density at radius 1 is 0.632 bits per heavy atom. The quantitative estimate of drug-likeness (QED) is 0.186. The Morgan fingerprint density at radius 2 is 1.29 bits per heavy atom. The molecule has 4 heterocycles. The number of hydrogen-bond acceptors (Lipinski definition) is 0. The number of hydrogen-bond donors (Lipinski definition) is 0. The van der Waals surface area contributed by atoms with E-state index in [9.17, 15) is 0 Å². The summed E-state index contributed by atoms with van der Waals surface area (Å²) in [4.78, 5) is 0. The van der Waals surface area contributed by atoms with Crippen molar-refractivity contribution in [1.29, 1.82) is 0 Å². The third-order valence-electron chi connectivity index (χ3n) is 8.50. The maximum atomic E-state index is 2.48. The van der Waals surface area contributed by atoms with Crippen LogP contribution in [0.5, 0.6) is 0 Å². The van der Waals surface area contributed by atoms with Crippen LogP contribution >= 0.6 is 0 Å². The second-order valence-electron chi connectivity index (χ2n) is 10.6. The molecule has 38 heavy (non-hydrogen) atoms. The molecule has 7 rings (SSSR count). The normalized spacial score (nSPS) is 13.9. The van der Waals surface area contributed by atoms with Crippen molar-refractivity contribution in [3.8, 4) is 22.5 Å². The first kappa shape index (κ1) is 22.9. The van der Waals surface area contributed by atoms with E-state index >= 15 is 0 Å². The van der Waals surface area contributed by atoms with Crippen LogP contribution in [0, 0.1) is 13.8 Å². The van der Waals surface area contributed by atoms with Crippen LogP contribution in [0.1, 0.15) is 33.4 Å². The molecule has 3 aromatic carbocycles. The van der Waals surface area contributed by atoms with Gasteiger partial charge in [0.05, 0.1) is 16.5 Å². The summed E-state index contributed by atoms with van der Waals surface area (Å²) in [6, 6.07) is 26.2. The smallest absolute Gasteiger partial charge is 0.198 e. The van der Waals surface area contributed by atoms with Crippen LogP contribution in [0.2, 0.25) is 0 Å². The predicted molar refractivity (Wildman–Crippen MR) is 157 cm³/mol. The molecule has 5 aromatic rings. The van der Waals surface area contributed by atoms with Crippen LogP contribution in [0.25, 0.3) is 45.4 Å². The fourth-order valence-corrected chi connectivity index (χ4v) is 6.44. The van der Waals surface area contributed by atoms with Crippen LogP contribution in [-0.4, -0.2) is 0 Å². The number of allylic oxidation sites excluding steroid dienone is 2. The van der Waals surface area contributed by atoms with Crippen molar-refractivity contribution in [2.24, 2.45) is 0 Å². The van der Waals surface area contributed by atoms with Gasteiger partial charge in [-0.05, 0) is 58.7 Å². The van der Waals surface area contributed by atoms with Crippen LogP contribution in [0.4, 0.5) is 0 Å². The van der Waals surface area contributed by atoms with Gasteiger partial charge in [0.1, 0.15) is 0 Å². The maximum absolute atomic E-state index is 2.48. The van der Waals surface area contributed by atoms with E-state index in [0.29, 0.717) is 0 Å². The topological polar surface area (TPSA) is 7.76 Å². The van der Waals surface area contributed by atoms with Crippen molar-refractivity contribution in [1.82, 2.24) is 0 Å². The maximum Gasteiger partial charge on any atom is 0.221 e. The fourth-order valence-electron chi connectivity index (χ4n) is 6.44. The molecule has 0 fully saturated rings. The molecular formula is C36H32N2+2. The van der Waals surface area contributed by atoms with Crippen molar-refractivity contribution in [2.45, 2.75) is 39.8 Å². The monoisotopic (exact) mass is 492 g/mol. The number of aromatic nitrogens is 2. The molecule has 2 nitrogen and oxygen atoms in total. The Labute approximate surface area is 224 Å². The molecule has 2 aliphatic rings. The van der Waals surface area contributed by atoms with Crippen molar-refractivity contribution >= 4 is 22.9 Å². The number of nitrogens with zero attached hydrogens (tertiary/aromatic N) is 2. The lowest BCUT2D eigenvalue weighted by atomic mass is 9.79. The molecule has 0 saturated carbocycles. The zero-order valence-corrected chi connectivity index (χ0v) is 22.1. The second-order valence-corrected chi connectivity index (χ2v) is 10.6. The summed E-state index contributed by atoms with van der Waals surface area (Å²) in [7, 11) is 0. The molecule has 0 atom stereocenters. The molecule has 184 valence electrons. The lowest BCUT2D eigenvalue weighted by Crippen LogP contribution is -2.43. The predicted octanol–water partition coefficient (Wildman–Crippen LogP) is 7.20. The SMILES string of the molecule is Cc1c(C)c2c(c3c1CC[n+]1ccc(C=CC=Cc4ccccc4)cc1-3)-c1c3ccccc3cc[n+]1CC2. The summed E-state index contributed by atoms with van der Waals surface area (Å²) in [5, 5.41) is 2.66. The number of fused-ring (bicyclic) bond motifs is 9. The van der Waals surface area contributed by atoms with E-state index in [1.807, 2.05) is 0 Å². The Morgan fingerprint density at radius 3 is 2.11 bits per heavy atom. The average molecular weight is 493 g/mol. The third-order valence-corrected chi connectivity index (χ3v) is 8.50. The van der Waals surface area contributed by atoms with E-state index in [1.54, 1.807) is 0 Å². The number of pyridine rings is 2. The average Bonchev–Trinajstić information content (AvgIpc) is 2.97. The largest absolute Gasteiger partial charge is 0.221 e. The number of aryl methyl sites for hydroxylation is 2. The molecule has 0 N–H and O–H groups in total. The summed E-state index contributed by atoms with van der Waals surface area (Å²) in [5.74, 6) is 0. The van der Waals surface area contributed by atoms with Gasteiger partial charge < -0.3 is 0 Å². The van der Waals surface area contributed by atoms with E-state index in [-0.39, 0.29) is 0 Å². The molecule has 2 heteroatoms. The van der Waals surface area contributed by atoms with Gasteiger partial charge >= 0.3 is 0 Å². The third kappa shape index (κ3) is 3.71. The molecule has 0 aliphatic carbocycles. The Kier molecular flexibility index (Phi) is 5.55. The first-order valence-corrected chi connectivity index (χ1v) is 13.7. The lowest BCUT2D eigenvalue weighted by Gasteiger charge is -2.27. The van der Waals surface area contributed by atoms with Crippen molar-refractivity contribution in [2.75, 3.05) is 0 Å². The highest BCUT2D eigenvalue weighted by molar-refractivity contribution is 5.99. The summed E-state index contributed by atoms with van der Waals surface area (Å²) >= 11 is 0. The first-order valence-electron chi connectivity index (χ1n) is 13.7. The molecule has 0 radical (unpaired) electrons. The van der Waals surface area contributed by atoms with Gasteiger partial charge in [0.2, 0.25) is 11.4 Å². The van der Waals surface area contributed by atoms with E-state index in [2.05, 4.69) is 132 Å². The molecule has 0 spiro atoms. The molecule has 2 aliphatic heterocycles. The molecule has 0 unspecified atom stereocenters. The summed E-state index contributed by atoms with van der Waals surface area (Å²) in [5.41, 5.74) is 14.1. The zero-order valence-electron chi connectivity index (χ0n) is 22.1. The summed E-state index contributed by atoms with van der Waals surface area (Å²) in [6.07, 6.45) is 15.4. The second kappa shape index (κ2) is 9.22. The standard InChI is InChI=1S/C36H32N2/c1-25-26(2)31-19-23-38-21-17-29-14-8-9-15-32(29)36(38)35(31)34-30(25)18-22-37-20-16-28(24-33(34)37)13-7-6-12-27-10-4-3-5-11-27/h3-17,20-21,24H,18-19,22-23H2,1-2H3/q+2. The van der Waals surface area contributed by atoms with Crippen molar-refractivity contribution in [3.63, 3.8) is 0 Å².